The van der Waals surface area contributed by atoms with Crippen LogP contribution in [0, 0.1) is 0 Å². The Balaban J connectivity index is 0.00000112. The fourth-order valence-corrected chi connectivity index (χ4v) is 1.38. The number of rotatable bonds is 3. The molecule has 3 nitrogen and oxygen atoms in total. The first-order valence-electron chi connectivity index (χ1n) is 4.64. The Morgan fingerprint density at radius 1 is 1.36 bits per heavy atom. The van der Waals surface area contributed by atoms with Crippen LogP contribution < -0.4 is 5.32 Å². The Morgan fingerprint density at radius 2 is 2.14 bits per heavy atom. The molecule has 3 heteroatoms. The fraction of sp³-hybridized carbons (Fsp3) is 0.182. The molecule has 0 bridgehead atoms. The lowest BCUT2D eigenvalue weighted by atomic mass is 10.2. The summed E-state index contributed by atoms with van der Waals surface area (Å²) in [7, 11) is 1.92. The second kappa shape index (κ2) is 4.07. The van der Waals surface area contributed by atoms with Gasteiger partial charge in [0.15, 0.2) is 0 Å². The minimum Gasteiger partial charge on any atom is -0.341 e. The van der Waals surface area contributed by atoms with Crippen LogP contribution in [0.1, 0.15) is 7.12 Å². The highest BCUT2D eigenvalue weighted by Gasteiger charge is 2.01. The van der Waals surface area contributed by atoms with E-state index in [1.54, 1.807) is 0 Å². The van der Waals surface area contributed by atoms with E-state index >= 15 is 0 Å². The quantitative estimate of drug-likeness (QED) is 0.775. The van der Waals surface area contributed by atoms with Crippen LogP contribution in [-0.4, -0.2) is 17.0 Å². The lowest BCUT2D eigenvalue weighted by Gasteiger charge is -1.95. The molecule has 0 aliphatic carbocycles. The summed E-state index contributed by atoms with van der Waals surface area (Å²) in [4.78, 5) is 7.57. The van der Waals surface area contributed by atoms with Crippen LogP contribution >= 0.6 is 0 Å². The number of aromatic nitrogens is 2. The molecule has 0 unspecified atom stereocenters. The first kappa shape index (κ1) is 8.97. The molecule has 0 spiro atoms. The molecule has 2 N–H and O–H groups in total. The predicted molar refractivity (Wildman–Crippen MR) is 58.9 cm³/mol. The zero-order chi connectivity index (χ0) is 9.80. The second-order valence-corrected chi connectivity index (χ2v) is 3.15. The SMILES string of the molecule is CNCc1cnc(-c2ccccc2)[nH]1.[HH]. The van der Waals surface area contributed by atoms with Crippen LogP contribution in [0.2, 0.25) is 0 Å². The minimum absolute atomic E-state index is 0. The van der Waals surface area contributed by atoms with E-state index < -0.39 is 0 Å². The minimum atomic E-state index is 0. The van der Waals surface area contributed by atoms with Crippen molar-refractivity contribution in [3.8, 4) is 11.4 Å². The zero-order valence-corrected chi connectivity index (χ0v) is 8.12. The third-order valence-corrected chi connectivity index (χ3v) is 2.04. The maximum absolute atomic E-state index is 4.31. The van der Waals surface area contributed by atoms with Gasteiger partial charge in [-0.05, 0) is 7.05 Å². The average molecular weight is 189 g/mol. The van der Waals surface area contributed by atoms with Gasteiger partial charge in [-0.25, -0.2) is 4.98 Å². The standard InChI is InChI=1S/C11H13N3.H2/c1-12-7-10-8-13-11(14-10)9-5-3-2-4-6-9;/h2-6,8,12H,7H2,1H3,(H,13,14);1H. The van der Waals surface area contributed by atoms with Crippen molar-refractivity contribution in [3.63, 3.8) is 0 Å². The normalized spacial score (nSPS) is 10.4. The Hall–Kier alpha value is -1.61. The molecular formula is C11H15N3. The Labute approximate surface area is 84.7 Å². The molecule has 0 saturated heterocycles. The number of H-pyrrole nitrogens is 1. The maximum atomic E-state index is 4.31. The average Bonchev–Trinajstić information content (AvgIpc) is 2.68. The molecule has 0 atom stereocenters. The highest BCUT2D eigenvalue weighted by Crippen LogP contribution is 2.14. The molecule has 0 aliphatic heterocycles. The number of aromatic amines is 1. The van der Waals surface area contributed by atoms with Gasteiger partial charge in [0.1, 0.15) is 5.82 Å². The van der Waals surface area contributed by atoms with Crippen molar-refractivity contribution >= 4 is 0 Å². The van der Waals surface area contributed by atoms with Gasteiger partial charge in [-0.3, -0.25) is 0 Å². The highest BCUT2D eigenvalue weighted by molar-refractivity contribution is 5.54. The number of hydrogen-bond acceptors (Lipinski definition) is 2. The fourth-order valence-electron chi connectivity index (χ4n) is 1.38. The van der Waals surface area contributed by atoms with Crippen LogP contribution in [0.4, 0.5) is 0 Å². The smallest absolute Gasteiger partial charge is 0.137 e. The van der Waals surface area contributed by atoms with Gasteiger partial charge < -0.3 is 10.3 Å². The summed E-state index contributed by atoms with van der Waals surface area (Å²) >= 11 is 0. The molecule has 0 radical (unpaired) electrons. The van der Waals surface area contributed by atoms with E-state index in [1.807, 2.05) is 43.6 Å². The highest BCUT2D eigenvalue weighted by atomic mass is 14.9. The molecular weight excluding hydrogens is 174 g/mol. The van der Waals surface area contributed by atoms with Crippen LogP contribution in [0.5, 0.6) is 0 Å². The molecule has 0 fully saturated rings. The lowest BCUT2D eigenvalue weighted by molar-refractivity contribution is 0.797. The molecule has 0 aliphatic rings. The third kappa shape index (κ3) is 1.83. The van der Waals surface area contributed by atoms with Crippen LogP contribution in [0.3, 0.4) is 0 Å². The molecule has 1 heterocycles. The van der Waals surface area contributed by atoms with E-state index in [4.69, 9.17) is 0 Å². The first-order chi connectivity index (χ1) is 6.90. The summed E-state index contributed by atoms with van der Waals surface area (Å²) in [5.41, 5.74) is 2.22. The van der Waals surface area contributed by atoms with Gasteiger partial charge >= 0.3 is 0 Å². The molecule has 1 aromatic carbocycles. The largest absolute Gasteiger partial charge is 0.341 e. The summed E-state index contributed by atoms with van der Waals surface area (Å²) in [6.45, 7) is 0.819. The summed E-state index contributed by atoms with van der Waals surface area (Å²) in [6.07, 6.45) is 1.86. The van der Waals surface area contributed by atoms with Gasteiger partial charge in [0.25, 0.3) is 0 Å². The van der Waals surface area contributed by atoms with E-state index in [9.17, 15) is 0 Å². The summed E-state index contributed by atoms with van der Waals surface area (Å²) in [5, 5.41) is 3.08. The molecule has 74 valence electrons. The Bertz CT molecular complexity index is 397. The molecule has 0 amide bonds. The third-order valence-electron chi connectivity index (χ3n) is 2.04. The lowest BCUT2D eigenvalue weighted by Crippen LogP contribution is -2.04. The maximum Gasteiger partial charge on any atom is 0.137 e. The van der Waals surface area contributed by atoms with Crippen molar-refractivity contribution < 1.29 is 1.43 Å². The number of imidazole rings is 1. The predicted octanol–water partition coefficient (Wildman–Crippen LogP) is 2.04. The van der Waals surface area contributed by atoms with Crippen LogP contribution in [-0.2, 0) is 6.54 Å². The van der Waals surface area contributed by atoms with Gasteiger partial charge in [0.05, 0.1) is 0 Å². The van der Waals surface area contributed by atoms with Crippen LogP contribution in [0.25, 0.3) is 11.4 Å². The first-order valence-corrected chi connectivity index (χ1v) is 4.64. The van der Waals surface area contributed by atoms with E-state index in [0.717, 1.165) is 23.6 Å². The van der Waals surface area contributed by atoms with Crippen molar-refractivity contribution in [1.82, 2.24) is 15.3 Å². The molecule has 2 aromatic rings. The number of benzene rings is 1. The van der Waals surface area contributed by atoms with E-state index in [-0.39, 0.29) is 1.43 Å². The van der Waals surface area contributed by atoms with Gasteiger partial charge in [0, 0.05) is 25.4 Å². The zero-order valence-electron chi connectivity index (χ0n) is 8.12. The molecule has 2 rings (SSSR count). The molecule has 1 aromatic heterocycles. The van der Waals surface area contributed by atoms with Gasteiger partial charge in [-0.15, -0.1) is 0 Å². The van der Waals surface area contributed by atoms with Crippen molar-refractivity contribution in [2.45, 2.75) is 6.54 Å². The van der Waals surface area contributed by atoms with E-state index in [2.05, 4.69) is 15.3 Å². The monoisotopic (exact) mass is 189 g/mol. The summed E-state index contributed by atoms with van der Waals surface area (Å²) < 4.78 is 0. The number of nitrogens with one attached hydrogen (secondary N) is 2. The Morgan fingerprint density at radius 3 is 2.86 bits per heavy atom. The molecule has 14 heavy (non-hydrogen) atoms. The van der Waals surface area contributed by atoms with Crippen molar-refractivity contribution in [1.29, 1.82) is 0 Å². The van der Waals surface area contributed by atoms with Crippen LogP contribution in [0.15, 0.2) is 36.5 Å². The number of nitrogens with zero attached hydrogens (tertiary/aromatic N) is 1. The Kier molecular flexibility index (Phi) is 2.60. The van der Waals surface area contributed by atoms with Crippen molar-refractivity contribution in [2.24, 2.45) is 0 Å². The van der Waals surface area contributed by atoms with Crippen molar-refractivity contribution in [3.05, 3.63) is 42.2 Å². The van der Waals surface area contributed by atoms with Gasteiger partial charge in [-0.2, -0.15) is 0 Å². The molecule has 0 saturated carbocycles. The number of hydrogen-bond donors (Lipinski definition) is 2. The van der Waals surface area contributed by atoms with E-state index in [1.165, 1.54) is 0 Å². The summed E-state index contributed by atoms with van der Waals surface area (Å²) in [6, 6.07) is 10.1. The van der Waals surface area contributed by atoms with Gasteiger partial charge in [0.2, 0.25) is 0 Å². The second-order valence-electron chi connectivity index (χ2n) is 3.15. The van der Waals surface area contributed by atoms with E-state index in [0.29, 0.717) is 0 Å². The van der Waals surface area contributed by atoms with Crippen molar-refractivity contribution in [2.75, 3.05) is 7.05 Å². The summed E-state index contributed by atoms with van der Waals surface area (Å²) in [5.74, 6) is 0.927. The topological polar surface area (TPSA) is 40.7 Å². The van der Waals surface area contributed by atoms with Gasteiger partial charge in [-0.1, -0.05) is 30.3 Å².